The van der Waals surface area contributed by atoms with Crippen molar-refractivity contribution >= 4 is 27.3 Å². The third-order valence-electron chi connectivity index (χ3n) is 4.98. The number of sulfonamides is 1. The summed E-state index contributed by atoms with van der Waals surface area (Å²) in [5, 5.41) is 4.98. The molecule has 0 unspecified atom stereocenters. The molecule has 1 aliphatic rings. The summed E-state index contributed by atoms with van der Waals surface area (Å²) < 4.78 is 28.1. The molecule has 28 heavy (non-hydrogen) atoms. The summed E-state index contributed by atoms with van der Waals surface area (Å²) in [6.45, 7) is 5.49. The van der Waals surface area contributed by atoms with Gasteiger partial charge in [0.2, 0.25) is 5.91 Å². The number of amides is 1. The number of piperazine rings is 1. The second-order valence-corrected chi connectivity index (χ2v) is 10.1. The Hall–Kier alpha value is -1.74. The number of carbonyl (C=O) groups is 1. The van der Waals surface area contributed by atoms with E-state index < -0.39 is 10.0 Å². The van der Waals surface area contributed by atoms with Crippen molar-refractivity contribution in [3.05, 3.63) is 53.4 Å². The van der Waals surface area contributed by atoms with Crippen LogP contribution in [0.15, 0.2) is 52.1 Å². The zero-order valence-electron chi connectivity index (χ0n) is 16.1. The number of hydrogen-bond donors (Lipinski definition) is 1. The highest BCUT2D eigenvalue weighted by molar-refractivity contribution is 7.91. The van der Waals surface area contributed by atoms with Crippen LogP contribution in [0.1, 0.15) is 24.8 Å². The largest absolute Gasteiger partial charge is 0.340 e. The van der Waals surface area contributed by atoms with Crippen molar-refractivity contribution in [3.63, 3.8) is 0 Å². The fraction of sp³-hybridized carbons (Fsp3) is 0.450. The SMILES string of the molecule is C[C@@H](CN(CCC(=O)N1CCNCC1)S(=O)(=O)c1cccs1)c1ccccc1. The average molecular weight is 422 g/mol. The molecule has 8 heteroatoms. The Kier molecular flexibility index (Phi) is 7.23. The van der Waals surface area contributed by atoms with Crippen molar-refractivity contribution in [2.45, 2.75) is 23.5 Å². The van der Waals surface area contributed by atoms with Gasteiger partial charge in [-0.15, -0.1) is 11.3 Å². The van der Waals surface area contributed by atoms with E-state index in [4.69, 9.17) is 0 Å². The Morgan fingerprint density at radius 1 is 1.18 bits per heavy atom. The molecule has 0 spiro atoms. The summed E-state index contributed by atoms with van der Waals surface area (Å²) in [6.07, 6.45) is 0.201. The fourth-order valence-corrected chi connectivity index (χ4v) is 6.01. The number of benzene rings is 1. The first-order chi connectivity index (χ1) is 13.5. The van der Waals surface area contributed by atoms with Gasteiger partial charge in [0.05, 0.1) is 0 Å². The highest BCUT2D eigenvalue weighted by atomic mass is 32.2. The van der Waals surface area contributed by atoms with Crippen LogP contribution in [0.3, 0.4) is 0 Å². The minimum Gasteiger partial charge on any atom is -0.340 e. The van der Waals surface area contributed by atoms with Crippen molar-refractivity contribution < 1.29 is 13.2 Å². The van der Waals surface area contributed by atoms with Gasteiger partial charge in [0.15, 0.2) is 0 Å². The summed E-state index contributed by atoms with van der Waals surface area (Å²) in [7, 11) is -3.62. The van der Waals surface area contributed by atoms with Crippen molar-refractivity contribution in [1.29, 1.82) is 0 Å². The Bertz CT molecular complexity index is 848. The predicted octanol–water partition coefficient (Wildman–Crippen LogP) is 2.36. The first-order valence-corrected chi connectivity index (χ1v) is 11.9. The number of rotatable bonds is 8. The standard InChI is InChI=1S/C20H27N3O3S2/c1-17(18-6-3-2-4-7-18)16-23(28(25,26)20-8-5-15-27-20)12-9-19(24)22-13-10-21-11-14-22/h2-8,15,17,21H,9-14,16H2,1H3/t17-/m0/s1. The van der Waals surface area contributed by atoms with E-state index in [0.29, 0.717) is 23.8 Å². The maximum Gasteiger partial charge on any atom is 0.252 e. The third-order valence-corrected chi connectivity index (χ3v) is 8.22. The van der Waals surface area contributed by atoms with Crippen molar-refractivity contribution in [2.24, 2.45) is 0 Å². The lowest BCUT2D eigenvalue weighted by molar-refractivity contribution is -0.131. The Morgan fingerprint density at radius 3 is 2.54 bits per heavy atom. The molecular weight excluding hydrogens is 394 g/mol. The van der Waals surface area contributed by atoms with Gasteiger partial charge in [0.1, 0.15) is 4.21 Å². The van der Waals surface area contributed by atoms with Gasteiger partial charge in [-0.3, -0.25) is 4.79 Å². The molecule has 0 aliphatic carbocycles. The monoisotopic (exact) mass is 421 g/mol. The molecule has 0 bridgehead atoms. The number of hydrogen-bond acceptors (Lipinski definition) is 5. The minimum absolute atomic E-state index is 0.0141. The summed E-state index contributed by atoms with van der Waals surface area (Å²) in [4.78, 5) is 14.4. The van der Waals surface area contributed by atoms with E-state index in [-0.39, 0.29) is 24.8 Å². The maximum absolute atomic E-state index is 13.2. The van der Waals surface area contributed by atoms with Crippen LogP contribution in [0.4, 0.5) is 0 Å². The molecular formula is C20H27N3O3S2. The van der Waals surface area contributed by atoms with Crippen LogP contribution in [-0.2, 0) is 14.8 Å². The first-order valence-electron chi connectivity index (χ1n) is 9.55. The molecule has 2 heterocycles. The van der Waals surface area contributed by atoms with Gasteiger partial charge in [-0.25, -0.2) is 8.42 Å². The van der Waals surface area contributed by atoms with Crippen LogP contribution in [0, 0.1) is 0 Å². The molecule has 0 saturated carbocycles. The van der Waals surface area contributed by atoms with Gasteiger partial charge in [-0.05, 0) is 22.9 Å². The predicted molar refractivity (Wildman–Crippen MR) is 112 cm³/mol. The van der Waals surface area contributed by atoms with Crippen molar-refractivity contribution in [2.75, 3.05) is 39.3 Å². The van der Waals surface area contributed by atoms with Gasteiger partial charge in [-0.2, -0.15) is 4.31 Å². The number of nitrogens with one attached hydrogen (secondary N) is 1. The molecule has 152 valence electrons. The van der Waals surface area contributed by atoms with Crippen LogP contribution in [0.25, 0.3) is 0 Å². The lowest BCUT2D eigenvalue weighted by Gasteiger charge is -2.29. The number of carbonyl (C=O) groups excluding carboxylic acids is 1. The van der Waals surface area contributed by atoms with E-state index in [1.807, 2.05) is 42.2 Å². The molecule has 1 fully saturated rings. The number of nitrogens with zero attached hydrogens (tertiary/aromatic N) is 2. The van der Waals surface area contributed by atoms with E-state index >= 15 is 0 Å². The zero-order chi connectivity index (χ0) is 20.0. The second kappa shape index (κ2) is 9.65. The first kappa shape index (κ1) is 21.0. The second-order valence-electron chi connectivity index (χ2n) is 6.99. The molecule has 1 amide bonds. The molecule has 1 aromatic carbocycles. The molecule has 1 aromatic heterocycles. The highest BCUT2D eigenvalue weighted by Gasteiger charge is 2.28. The summed E-state index contributed by atoms with van der Waals surface area (Å²) in [6, 6.07) is 13.2. The fourth-order valence-electron chi connectivity index (χ4n) is 3.33. The molecule has 1 aliphatic heterocycles. The quantitative estimate of drug-likeness (QED) is 0.710. The highest BCUT2D eigenvalue weighted by Crippen LogP contribution is 2.25. The van der Waals surface area contributed by atoms with Crippen molar-refractivity contribution in [3.8, 4) is 0 Å². The Labute approximate surface area is 171 Å². The number of thiophene rings is 1. The third kappa shape index (κ3) is 5.20. The van der Waals surface area contributed by atoms with E-state index in [1.165, 1.54) is 15.6 Å². The van der Waals surface area contributed by atoms with Crippen LogP contribution in [0.5, 0.6) is 0 Å². The van der Waals surface area contributed by atoms with Crippen LogP contribution in [-0.4, -0.2) is 62.8 Å². The smallest absolute Gasteiger partial charge is 0.252 e. The zero-order valence-corrected chi connectivity index (χ0v) is 17.7. The lowest BCUT2D eigenvalue weighted by Crippen LogP contribution is -2.47. The molecule has 1 atom stereocenters. The topological polar surface area (TPSA) is 69.7 Å². The average Bonchev–Trinajstić information content (AvgIpc) is 3.27. The lowest BCUT2D eigenvalue weighted by atomic mass is 10.0. The van der Waals surface area contributed by atoms with Gasteiger partial charge < -0.3 is 10.2 Å². The molecule has 3 rings (SSSR count). The van der Waals surface area contributed by atoms with Gasteiger partial charge >= 0.3 is 0 Å². The van der Waals surface area contributed by atoms with E-state index in [0.717, 1.165) is 18.7 Å². The van der Waals surface area contributed by atoms with Gasteiger partial charge in [0, 0.05) is 45.7 Å². The molecule has 1 N–H and O–H groups in total. The normalized spacial score (nSPS) is 16.3. The molecule has 6 nitrogen and oxygen atoms in total. The maximum atomic E-state index is 13.2. The van der Waals surface area contributed by atoms with E-state index in [1.54, 1.807) is 17.5 Å². The van der Waals surface area contributed by atoms with Crippen LogP contribution < -0.4 is 5.32 Å². The summed E-state index contributed by atoms with van der Waals surface area (Å²) in [5.74, 6) is 0.0467. The van der Waals surface area contributed by atoms with Crippen molar-refractivity contribution in [1.82, 2.24) is 14.5 Å². The minimum atomic E-state index is -3.62. The van der Waals surface area contributed by atoms with E-state index in [2.05, 4.69) is 5.32 Å². The Morgan fingerprint density at radius 2 is 1.89 bits per heavy atom. The molecule has 1 saturated heterocycles. The summed E-state index contributed by atoms with van der Waals surface area (Å²) >= 11 is 1.21. The molecule has 0 radical (unpaired) electrons. The summed E-state index contributed by atoms with van der Waals surface area (Å²) in [5.41, 5.74) is 1.09. The van der Waals surface area contributed by atoms with E-state index in [9.17, 15) is 13.2 Å². The van der Waals surface area contributed by atoms with Crippen LogP contribution >= 0.6 is 11.3 Å². The van der Waals surface area contributed by atoms with Gasteiger partial charge in [0.25, 0.3) is 10.0 Å². The molecule has 2 aromatic rings. The Balaban J connectivity index is 1.73. The van der Waals surface area contributed by atoms with Gasteiger partial charge in [-0.1, -0.05) is 43.3 Å². The van der Waals surface area contributed by atoms with Crippen LogP contribution in [0.2, 0.25) is 0 Å².